The molecule has 1 heterocycles. The van der Waals surface area contributed by atoms with Crippen LogP contribution in [0.5, 0.6) is 5.75 Å². The Bertz CT molecular complexity index is 866. The summed E-state index contributed by atoms with van der Waals surface area (Å²) < 4.78 is 7.37. The molecule has 1 fully saturated rings. The molecule has 1 aromatic heterocycles. The molecule has 3 rings (SSSR count). The van der Waals surface area contributed by atoms with E-state index in [1.165, 1.54) is 11.8 Å². The number of anilines is 1. The van der Waals surface area contributed by atoms with Crippen LogP contribution in [0.4, 0.5) is 5.69 Å². The second-order valence-electron chi connectivity index (χ2n) is 6.98. The van der Waals surface area contributed by atoms with E-state index in [1.54, 1.807) is 24.1 Å². The van der Waals surface area contributed by atoms with Crippen LogP contribution in [0.15, 0.2) is 29.4 Å². The van der Waals surface area contributed by atoms with Crippen LogP contribution in [0.3, 0.4) is 0 Å². The topological polar surface area (TPSA) is 89.3 Å². The number of carbonyl (C=O) groups is 2. The third kappa shape index (κ3) is 5.50. The maximum Gasteiger partial charge on any atom is 0.244 e. The molecule has 156 valence electrons. The van der Waals surface area contributed by atoms with Gasteiger partial charge in [-0.3, -0.25) is 9.59 Å². The number of aryl methyl sites for hydroxylation is 1. The Morgan fingerprint density at radius 2 is 2.07 bits per heavy atom. The zero-order valence-electron chi connectivity index (χ0n) is 17.1. The molecule has 0 saturated heterocycles. The molecule has 0 aliphatic heterocycles. The number of rotatable bonds is 10. The van der Waals surface area contributed by atoms with Gasteiger partial charge < -0.3 is 19.5 Å². The van der Waals surface area contributed by atoms with Crippen LogP contribution in [0.25, 0.3) is 0 Å². The molecule has 8 nitrogen and oxygen atoms in total. The Morgan fingerprint density at radius 3 is 2.76 bits per heavy atom. The number of hydrogen-bond acceptors (Lipinski definition) is 6. The Hall–Kier alpha value is -2.55. The lowest BCUT2D eigenvalue weighted by Crippen LogP contribution is -2.39. The van der Waals surface area contributed by atoms with E-state index in [2.05, 4.69) is 20.1 Å². The zero-order chi connectivity index (χ0) is 20.8. The summed E-state index contributed by atoms with van der Waals surface area (Å²) in [6, 6.07) is 7.66. The lowest BCUT2D eigenvalue weighted by Gasteiger charge is -2.21. The van der Waals surface area contributed by atoms with Crippen LogP contribution >= 0.6 is 11.8 Å². The van der Waals surface area contributed by atoms with E-state index < -0.39 is 0 Å². The van der Waals surface area contributed by atoms with Crippen molar-refractivity contribution in [3.63, 3.8) is 0 Å². The average Bonchev–Trinajstić information content (AvgIpc) is 3.48. The van der Waals surface area contributed by atoms with Gasteiger partial charge in [0.1, 0.15) is 11.6 Å². The van der Waals surface area contributed by atoms with Crippen LogP contribution in [0.1, 0.15) is 38.1 Å². The SMILES string of the molecule is CCCN(CC(=O)Nc1ccccc1OC)C(=O)CSc1nnc(C)n1C1CC1. The number of hydrogen-bond donors (Lipinski definition) is 1. The highest BCUT2D eigenvalue weighted by atomic mass is 32.2. The van der Waals surface area contributed by atoms with Crippen molar-refractivity contribution in [2.75, 3.05) is 31.3 Å². The standard InChI is InChI=1S/C20H27N5O3S/c1-4-11-24(12-18(26)21-16-7-5-6-8-17(16)28-3)19(27)13-29-20-23-22-14(2)25(20)15-9-10-15/h5-8,15H,4,9-13H2,1-3H3,(H,21,26). The summed E-state index contributed by atoms with van der Waals surface area (Å²) in [5.74, 6) is 1.35. The largest absolute Gasteiger partial charge is 0.495 e. The third-order valence-electron chi connectivity index (χ3n) is 4.63. The third-order valence-corrected chi connectivity index (χ3v) is 5.56. The van der Waals surface area contributed by atoms with Gasteiger partial charge in [0.2, 0.25) is 11.8 Å². The molecule has 1 N–H and O–H groups in total. The number of thioether (sulfide) groups is 1. The Balaban J connectivity index is 1.58. The average molecular weight is 418 g/mol. The highest BCUT2D eigenvalue weighted by Crippen LogP contribution is 2.38. The van der Waals surface area contributed by atoms with E-state index in [-0.39, 0.29) is 24.1 Å². The molecule has 1 aliphatic carbocycles. The molecule has 1 aromatic carbocycles. The van der Waals surface area contributed by atoms with Gasteiger partial charge in [-0.05, 0) is 38.3 Å². The molecule has 0 bridgehead atoms. The van der Waals surface area contributed by atoms with Crippen molar-refractivity contribution in [2.24, 2.45) is 0 Å². The van der Waals surface area contributed by atoms with Crippen LogP contribution in [-0.2, 0) is 9.59 Å². The summed E-state index contributed by atoms with van der Waals surface area (Å²) in [5, 5.41) is 11.9. The first kappa shape index (κ1) is 21.2. The molecule has 0 atom stereocenters. The smallest absolute Gasteiger partial charge is 0.244 e. The minimum Gasteiger partial charge on any atom is -0.495 e. The molecule has 9 heteroatoms. The van der Waals surface area contributed by atoms with Crippen molar-refractivity contribution in [1.29, 1.82) is 0 Å². The zero-order valence-corrected chi connectivity index (χ0v) is 17.9. The van der Waals surface area contributed by atoms with Crippen molar-refractivity contribution in [3.05, 3.63) is 30.1 Å². The lowest BCUT2D eigenvalue weighted by atomic mass is 10.3. The van der Waals surface area contributed by atoms with E-state index in [0.717, 1.165) is 30.2 Å². The van der Waals surface area contributed by atoms with E-state index in [1.807, 2.05) is 26.0 Å². The van der Waals surface area contributed by atoms with Gasteiger partial charge in [-0.1, -0.05) is 30.8 Å². The molecule has 0 radical (unpaired) electrons. The fourth-order valence-corrected chi connectivity index (χ4v) is 4.05. The summed E-state index contributed by atoms with van der Waals surface area (Å²) in [6.07, 6.45) is 3.03. The summed E-state index contributed by atoms with van der Waals surface area (Å²) in [6.45, 7) is 4.44. The number of para-hydroxylation sites is 2. The summed E-state index contributed by atoms with van der Waals surface area (Å²) in [7, 11) is 1.55. The molecular weight excluding hydrogens is 390 g/mol. The Morgan fingerprint density at radius 1 is 1.31 bits per heavy atom. The Kier molecular flexibility index (Phi) is 7.13. The number of nitrogens with zero attached hydrogens (tertiary/aromatic N) is 4. The van der Waals surface area contributed by atoms with Crippen molar-refractivity contribution in [3.8, 4) is 5.75 Å². The van der Waals surface area contributed by atoms with Gasteiger partial charge in [0.05, 0.1) is 25.1 Å². The molecular formula is C20H27N5O3S. The maximum atomic E-state index is 12.8. The number of methoxy groups -OCH3 is 1. The summed E-state index contributed by atoms with van der Waals surface area (Å²) in [5.41, 5.74) is 0.589. The monoisotopic (exact) mass is 417 g/mol. The van der Waals surface area contributed by atoms with Gasteiger partial charge in [0.25, 0.3) is 0 Å². The summed E-state index contributed by atoms with van der Waals surface area (Å²) >= 11 is 1.38. The van der Waals surface area contributed by atoms with Gasteiger partial charge in [-0.2, -0.15) is 0 Å². The van der Waals surface area contributed by atoms with E-state index in [4.69, 9.17) is 4.74 Å². The van der Waals surface area contributed by atoms with Gasteiger partial charge in [0, 0.05) is 12.6 Å². The first-order chi connectivity index (χ1) is 14.0. The van der Waals surface area contributed by atoms with E-state index in [0.29, 0.717) is 24.0 Å². The van der Waals surface area contributed by atoms with Gasteiger partial charge in [0.15, 0.2) is 5.16 Å². The van der Waals surface area contributed by atoms with Crippen LogP contribution in [0.2, 0.25) is 0 Å². The fourth-order valence-electron chi connectivity index (χ4n) is 3.09. The normalized spacial score (nSPS) is 13.2. The first-order valence-electron chi connectivity index (χ1n) is 9.78. The van der Waals surface area contributed by atoms with Crippen LogP contribution < -0.4 is 10.1 Å². The number of ether oxygens (including phenoxy) is 1. The minimum absolute atomic E-state index is 0.000372. The molecule has 2 aromatic rings. The van der Waals surface area contributed by atoms with Gasteiger partial charge in [-0.15, -0.1) is 10.2 Å². The molecule has 0 unspecified atom stereocenters. The fraction of sp³-hybridized carbons (Fsp3) is 0.500. The number of benzene rings is 1. The van der Waals surface area contributed by atoms with Crippen molar-refractivity contribution in [2.45, 2.75) is 44.3 Å². The highest BCUT2D eigenvalue weighted by molar-refractivity contribution is 7.99. The van der Waals surface area contributed by atoms with Crippen molar-refractivity contribution in [1.82, 2.24) is 19.7 Å². The Labute approximate surface area is 175 Å². The van der Waals surface area contributed by atoms with Crippen molar-refractivity contribution >= 4 is 29.3 Å². The number of nitrogens with one attached hydrogen (secondary N) is 1. The minimum atomic E-state index is -0.252. The predicted molar refractivity (Wildman–Crippen MR) is 112 cm³/mol. The number of amides is 2. The first-order valence-corrected chi connectivity index (χ1v) is 10.8. The number of carbonyl (C=O) groups excluding carboxylic acids is 2. The summed E-state index contributed by atoms with van der Waals surface area (Å²) in [4.78, 5) is 26.9. The molecule has 1 aliphatic rings. The van der Waals surface area contributed by atoms with Crippen molar-refractivity contribution < 1.29 is 14.3 Å². The predicted octanol–water partition coefficient (Wildman–Crippen LogP) is 2.90. The molecule has 2 amide bonds. The lowest BCUT2D eigenvalue weighted by molar-refractivity contribution is -0.132. The second-order valence-corrected chi connectivity index (χ2v) is 7.93. The van der Waals surface area contributed by atoms with Gasteiger partial charge in [-0.25, -0.2) is 0 Å². The van der Waals surface area contributed by atoms with E-state index in [9.17, 15) is 9.59 Å². The van der Waals surface area contributed by atoms with Crippen LogP contribution in [0, 0.1) is 6.92 Å². The second kappa shape index (κ2) is 9.78. The molecule has 0 spiro atoms. The van der Waals surface area contributed by atoms with E-state index >= 15 is 0 Å². The van der Waals surface area contributed by atoms with Crippen LogP contribution in [-0.4, -0.2) is 57.4 Å². The molecule has 1 saturated carbocycles. The van der Waals surface area contributed by atoms with Gasteiger partial charge >= 0.3 is 0 Å². The quantitative estimate of drug-likeness (QED) is 0.598. The molecule has 29 heavy (non-hydrogen) atoms. The maximum absolute atomic E-state index is 12.8. The number of aromatic nitrogens is 3. The highest BCUT2D eigenvalue weighted by Gasteiger charge is 2.29.